The van der Waals surface area contributed by atoms with E-state index in [0.29, 0.717) is 0 Å². The van der Waals surface area contributed by atoms with Crippen molar-refractivity contribution in [3.8, 4) is 0 Å². The normalized spacial score (nSPS) is 11.9. The molecular weight excluding hydrogens is 124 g/mol. The summed E-state index contributed by atoms with van der Waals surface area (Å²) in [5, 5.41) is 8.63. The first-order chi connectivity index (χ1) is 4.75. The molecule has 2 heteroatoms. The van der Waals surface area contributed by atoms with Crippen molar-refractivity contribution in [3.63, 3.8) is 0 Å². The second-order valence-corrected chi connectivity index (χ2v) is 2.10. The second-order valence-electron chi connectivity index (χ2n) is 2.10. The maximum Gasteiger partial charge on any atom is 0.0669 e. The Morgan fingerprint density at radius 2 is 2.30 bits per heavy atom. The molecule has 0 unspecified atom stereocenters. The van der Waals surface area contributed by atoms with Crippen molar-refractivity contribution < 1.29 is 0 Å². The molecule has 52 valence electrons. The molecule has 1 N–H and O–H groups in total. The van der Waals surface area contributed by atoms with Crippen LogP contribution < -0.4 is 10.6 Å². The molecule has 0 spiro atoms. The van der Waals surface area contributed by atoms with E-state index in [-0.39, 0.29) is 0 Å². The molecule has 0 aliphatic rings. The zero-order chi connectivity index (χ0) is 7.56. The van der Waals surface area contributed by atoms with Gasteiger partial charge in [0.15, 0.2) is 0 Å². The summed E-state index contributed by atoms with van der Waals surface area (Å²) in [6.07, 6.45) is 3.62. The third-order valence-corrected chi connectivity index (χ3v) is 1.36. The Hall–Kier alpha value is -1.31. The van der Waals surface area contributed by atoms with Crippen LogP contribution in [0.3, 0.4) is 0 Å². The Kier molecular flexibility index (Phi) is 1.71. The monoisotopic (exact) mass is 134 g/mol. The number of allylic oxidation sites excluding steroid dienone is 1. The molecule has 2 nitrogen and oxygen atoms in total. The maximum absolute atomic E-state index is 3.97. The van der Waals surface area contributed by atoms with E-state index in [9.17, 15) is 0 Å². The second kappa shape index (κ2) is 2.52. The number of nitrogens with zero attached hydrogens (tertiary/aromatic N) is 1. The number of aromatic nitrogens is 2. The third-order valence-electron chi connectivity index (χ3n) is 1.36. The van der Waals surface area contributed by atoms with Gasteiger partial charge in [-0.1, -0.05) is 25.3 Å². The highest BCUT2D eigenvalue weighted by molar-refractivity contribution is 5.36. The number of nitrogens with one attached hydrogen (secondary N) is 1. The van der Waals surface area contributed by atoms with Gasteiger partial charge in [-0.25, -0.2) is 0 Å². The number of hydrogen-bond acceptors (Lipinski definition) is 1. The fourth-order valence-corrected chi connectivity index (χ4v) is 0.829. The summed E-state index contributed by atoms with van der Waals surface area (Å²) < 4.78 is 0. The zero-order valence-corrected chi connectivity index (χ0v) is 6.02. The van der Waals surface area contributed by atoms with E-state index in [2.05, 4.69) is 23.4 Å². The van der Waals surface area contributed by atoms with Crippen molar-refractivity contribution in [2.24, 2.45) is 0 Å². The van der Waals surface area contributed by atoms with Crippen LogP contribution in [0, 0.1) is 6.92 Å². The smallest absolute Gasteiger partial charge is 0.0669 e. The summed E-state index contributed by atoms with van der Waals surface area (Å²) in [4.78, 5) is 0. The largest absolute Gasteiger partial charge is 0.278 e. The Morgan fingerprint density at radius 1 is 1.60 bits per heavy atom. The van der Waals surface area contributed by atoms with Crippen molar-refractivity contribution in [2.75, 3.05) is 0 Å². The van der Waals surface area contributed by atoms with Crippen molar-refractivity contribution in [2.45, 2.75) is 6.92 Å². The lowest BCUT2D eigenvalue weighted by atomic mass is 10.3. The first-order valence-electron chi connectivity index (χ1n) is 3.08. The van der Waals surface area contributed by atoms with E-state index >= 15 is 0 Å². The molecule has 0 fully saturated rings. The molecule has 0 saturated heterocycles. The fraction of sp³-hybridized carbons (Fsp3) is 0.125. The number of hydrogen-bond donors (Lipinski definition) is 1. The predicted molar refractivity (Wildman–Crippen MR) is 42.8 cm³/mol. The number of aromatic amines is 1. The lowest BCUT2D eigenvalue weighted by molar-refractivity contribution is 1.03. The Bertz CT molecular complexity index is 333. The molecule has 0 aromatic carbocycles. The number of aryl methyl sites for hydroxylation is 1. The Labute approximate surface area is 59.6 Å². The van der Waals surface area contributed by atoms with Crippen LogP contribution in [0.5, 0.6) is 0 Å². The third kappa shape index (κ3) is 1.00. The first kappa shape index (κ1) is 6.81. The van der Waals surface area contributed by atoms with Crippen LogP contribution >= 0.6 is 0 Å². The van der Waals surface area contributed by atoms with E-state index in [4.69, 9.17) is 0 Å². The molecular formula is C8H10N2. The van der Waals surface area contributed by atoms with Crippen LogP contribution in [0.4, 0.5) is 0 Å². The quantitative estimate of drug-likeness (QED) is 0.579. The van der Waals surface area contributed by atoms with E-state index in [1.807, 2.05) is 13.0 Å². The van der Waals surface area contributed by atoms with Crippen LogP contribution in [-0.4, -0.2) is 10.2 Å². The van der Waals surface area contributed by atoms with Crippen LogP contribution in [0.1, 0.15) is 5.69 Å². The van der Waals surface area contributed by atoms with Gasteiger partial charge < -0.3 is 0 Å². The molecule has 0 atom stereocenters. The van der Waals surface area contributed by atoms with Gasteiger partial charge in [0.05, 0.1) is 11.0 Å². The van der Waals surface area contributed by atoms with Gasteiger partial charge in [0.1, 0.15) is 0 Å². The summed E-state index contributed by atoms with van der Waals surface area (Å²) >= 11 is 0. The Morgan fingerprint density at radius 3 is 2.70 bits per heavy atom. The average molecular weight is 134 g/mol. The van der Waals surface area contributed by atoms with Crippen LogP contribution in [0.15, 0.2) is 12.7 Å². The first-order valence-corrected chi connectivity index (χ1v) is 3.08. The summed E-state index contributed by atoms with van der Waals surface area (Å²) in [5.41, 5.74) is 0.963. The summed E-state index contributed by atoms with van der Waals surface area (Å²) in [6.45, 7) is 9.29. The SMILES string of the molecule is C=C/C=c1/c(C)n[nH]c1=C. The standard InChI is InChI=1S/C8H10N2/c1-4-5-8-6(2)9-10-7(8)3/h4-5,9H,1-2H2,3H3/b8-5+. The van der Waals surface area contributed by atoms with Crippen LogP contribution in [0.2, 0.25) is 0 Å². The molecule has 1 heterocycles. The molecule has 10 heavy (non-hydrogen) atoms. The van der Waals surface area contributed by atoms with Crippen molar-refractivity contribution in [1.29, 1.82) is 0 Å². The number of H-pyrrole nitrogens is 1. The van der Waals surface area contributed by atoms with Crippen LogP contribution in [-0.2, 0) is 0 Å². The highest BCUT2D eigenvalue weighted by atomic mass is 15.1. The van der Waals surface area contributed by atoms with Gasteiger partial charge >= 0.3 is 0 Å². The molecule has 1 aromatic heterocycles. The molecule has 1 rings (SSSR count). The van der Waals surface area contributed by atoms with E-state index < -0.39 is 0 Å². The summed E-state index contributed by atoms with van der Waals surface area (Å²) in [7, 11) is 0. The molecule has 0 amide bonds. The molecule has 0 radical (unpaired) electrons. The summed E-state index contributed by atoms with van der Waals surface area (Å²) in [5.74, 6) is 0. The van der Waals surface area contributed by atoms with Gasteiger partial charge in [-0.15, -0.1) is 0 Å². The van der Waals surface area contributed by atoms with Crippen molar-refractivity contribution in [1.82, 2.24) is 10.2 Å². The number of rotatable bonds is 1. The topological polar surface area (TPSA) is 28.7 Å². The molecule has 1 aromatic rings. The highest BCUT2D eigenvalue weighted by Crippen LogP contribution is 1.72. The molecule has 0 bridgehead atoms. The van der Waals surface area contributed by atoms with E-state index in [1.165, 1.54) is 0 Å². The highest BCUT2D eigenvalue weighted by Gasteiger charge is 1.89. The molecule has 0 aliphatic heterocycles. The minimum Gasteiger partial charge on any atom is -0.278 e. The predicted octanol–water partition coefficient (Wildman–Crippen LogP) is 0.0949. The lowest BCUT2D eigenvalue weighted by Crippen LogP contribution is -2.21. The maximum atomic E-state index is 3.97. The van der Waals surface area contributed by atoms with E-state index in [1.54, 1.807) is 6.08 Å². The lowest BCUT2D eigenvalue weighted by Gasteiger charge is -1.75. The minimum absolute atomic E-state index is 0.845. The summed E-state index contributed by atoms with van der Waals surface area (Å²) in [6, 6.07) is 0. The molecule has 0 aliphatic carbocycles. The van der Waals surface area contributed by atoms with Crippen LogP contribution in [0.25, 0.3) is 12.7 Å². The van der Waals surface area contributed by atoms with Gasteiger partial charge in [0.2, 0.25) is 0 Å². The van der Waals surface area contributed by atoms with Gasteiger partial charge in [-0.2, -0.15) is 5.10 Å². The van der Waals surface area contributed by atoms with Crippen molar-refractivity contribution >= 4 is 12.7 Å². The van der Waals surface area contributed by atoms with Gasteiger partial charge in [0.25, 0.3) is 0 Å². The Balaban J connectivity index is 3.51. The zero-order valence-electron chi connectivity index (χ0n) is 6.02. The van der Waals surface area contributed by atoms with E-state index in [0.717, 1.165) is 16.3 Å². The minimum atomic E-state index is 0.845. The van der Waals surface area contributed by atoms with Gasteiger partial charge in [0, 0.05) is 5.22 Å². The van der Waals surface area contributed by atoms with Gasteiger partial charge in [-0.05, 0) is 6.92 Å². The van der Waals surface area contributed by atoms with Crippen molar-refractivity contribution in [3.05, 3.63) is 28.9 Å². The molecule has 0 saturated carbocycles. The van der Waals surface area contributed by atoms with Gasteiger partial charge in [-0.3, -0.25) is 5.10 Å². The fourth-order valence-electron chi connectivity index (χ4n) is 0.829. The average Bonchev–Trinajstić information content (AvgIpc) is 2.20.